The Bertz CT molecular complexity index is 303. The highest BCUT2D eigenvalue weighted by Gasteiger charge is 2.18. The molecule has 0 saturated heterocycles. The van der Waals surface area contributed by atoms with Crippen LogP contribution in [0.5, 0.6) is 0 Å². The first-order chi connectivity index (χ1) is 7.11. The molecule has 0 unspecified atom stereocenters. The molecule has 0 aliphatic heterocycles. The van der Waals surface area contributed by atoms with Gasteiger partial charge < -0.3 is 5.32 Å². The molecular formula is C13H22N2. The lowest BCUT2D eigenvalue weighted by Gasteiger charge is -2.28. The Labute approximate surface area is 93.1 Å². The van der Waals surface area contributed by atoms with Crippen LogP contribution in [0.2, 0.25) is 0 Å². The Morgan fingerprint density at radius 3 is 2.53 bits per heavy atom. The number of aromatic nitrogens is 1. The Morgan fingerprint density at radius 1 is 1.33 bits per heavy atom. The van der Waals surface area contributed by atoms with Crippen molar-refractivity contribution in [3.63, 3.8) is 0 Å². The third-order valence-electron chi connectivity index (χ3n) is 3.38. The third-order valence-corrected chi connectivity index (χ3v) is 3.38. The summed E-state index contributed by atoms with van der Waals surface area (Å²) in [6.45, 7) is 9.71. The second kappa shape index (κ2) is 5.26. The summed E-state index contributed by atoms with van der Waals surface area (Å²) in [6.07, 6.45) is 4.16. The van der Waals surface area contributed by atoms with Crippen LogP contribution in [0.25, 0.3) is 0 Å². The van der Waals surface area contributed by atoms with E-state index in [1.54, 1.807) is 0 Å². The highest BCUT2D eigenvalue weighted by atomic mass is 15.0. The molecule has 0 fully saturated rings. The van der Waals surface area contributed by atoms with Crippen molar-refractivity contribution in [2.75, 3.05) is 0 Å². The first-order valence-electron chi connectivity index (χ1n) is 5.77. The number of pyridine rings is 1. The standard InChI is InChI=1S/C13H22N2/c1-5-13(4,6-2)15-10-12-8-7-9-14-11(12)3/h7-9,15H,5-6,10H2,1-4H3. The monoisotopic (exact) mass is 206 g/mol. The molecular weight excluding hydrogens is 184 g/mol. The Morgan fingerprint density at radius 2 is 2.00 bits per heavy atom. The van der Waals surface area contributed by atoms with E-state index in [2.05, 4.69) is 44.1 Å². The van der Waals surface area contributed by atoms with Gasteiger partial charge in [0.15, 0.2) is 0 Å². The fraction of sp³-hybridized carbons (Fsp3) is 0.615. The van der Waals surface area contributed by atoms with Crippen molar-refractivity contribution in [3.05, 3.63) is 29.6 Å². The molecule has 0 spiro atoms. The second-order valence-electron chi connectivity index (χ2n) is 4.37. The van der Waals surface area contributed by atoms with Crippen LogP contribution < -0.4 is 5.32 Å². The fourth-order valence-electron chi connectivity index (χ4n) is 1.51. The quantitative estimate of drug-likeness (QED) is 0.801. The van der Waals surface area contributed by atoms with E-state index < -0.39 is 0 Å². The van der Waals surface area contributed by atoms with Crippen LogP contribution in [0.4, 0.5) is 0 Å². The van der Waals surface area contributed by atoms with E-state index in [1.807, 2.05) is 12.3 Å². The van der Waals surface area contributed by atoms with E-state index in [0.717, 1.165) is 25.1 Å². The topological polar surface area (TPSA) is 24.9 Å². The van der Waals surface area contributed by atoms with Crippen LogP contribution in [0.1, 0.15) is 44.9 Å². The SMILES string of the molecule is CCC(C)(CC)NCc1cccnc1C. The normalized spacial score (nSPS) is 11.7. The number of hydrogen-bond donors (Lipinski definition) is 1. The maximum absolute atomic E-state index is 4.29. The van der Waals surface area contributed by atoms with Gasteiger partial charge in [-0.25, -0.2) is 0 Å². The Balaban J connectivity index is 2.61. The van der Waals surface area contributed by atoms with Gasteiger partial charge in [0.1, 0.15) is 0 Å². The van der Waals surface area contributed by atoms with Gasteiger partial charge in [0, 0.05) is 24.0 Å². The molecule has 0 amide bonds. The van der Waals surface area contributed by atoms with Gasteiger partial charge in [-0.3, -0.25) is 4.98 Å². The number of rotatable bonds is 5. The molecule has 0 atom stereocenters. The molecule has 0 aromatic carbocycles. The summed E-state index contributed by atoms with van der Waals surface area (Å²) in [5, 5.41) is 3.61. The summed E-state index contributed by atoms with van der Waals surface area (Å²) in [6, 6.07) is 4.14. The molecule has 2 nitrogen and oxygen atoms in total. The summed E-state index contributed by atoms with van der Waals surface area (Å²) in [4.78, 5) is 4.29. The zero-order chi connectivity index (χ0) is 11.3. The number of aryl methyl sites for hydroxylation is 1. The highest BCUT2D eigenvalue weighted by molar-refractivity contribution is 5.18. The number of nitrogens with zero attached hydrogens (tertiary/aromatic N) is 1. The van der Waals surface area contributed by atoms with Gasteiger partial charge in [0.25, 0.3) is 0 Å². The molecule has 1 aromatic heterocycles. The number of hydrogen-bond acceptors (Lipinski definition) is 2. The Hall–Kier alpha value is -0.890. The summed E-state index contributed by atoms with van der Waals surface area (Å²) in [5.74, 6) is 0. The lowest BCUT2D eigenvalue weighted by atomic mass is 9.95. The highest BCUT2D eigenvalue weighted by Crippen LogP contribution is 2.15. The van der Waals surface area contributed by atoms with Crippen molar-refractivity contribution in [3.8, 4) is 0 Å². The zero-order valence-corrected chi connectivity index (χ0v) is 10.3. The van der Waals surface area contributed by atoms with Gasteiger partial charge in [-0.2, -0.15) is 0 Å². The predicted molar refractivity (Wildman–Crippen MR) is 64.8 cm³/mol. The lowest BCUT2D eigenvalue weighted by Crippen LogP contribution is -2.40. The molecule has 1 N–H and O–H groups in total. The first-order valence-corrected chi connectivity index (χ1v) is 5.77. The van der Waals surface area contributed by atoms with Crippen LogP contribution in [-0.2, 0) is 6.54 Å². The molecule has 84 valence electrons. The van der Waals surface area contributed by atoms with Gasteiger partial charge in [-0.05, 0) is 38.3 Å². The smallest absolute Gasteiger partial charge is 0.0417 e. The van der Waals surface area contributed by atoms with E-state index in [9.17, 15) is 0 Å². The Kier molecular flexibility index (Phi) is 4.28. The van der Waals surface area contributed by atoms with Crippen molar-refractivity contribution in [2.24, 2.45) is 0 Å². The summed E-state index contributed by atoms with van der Waals surface area (Å²) in [7, 11) is 0. The zero-order valence-electron chi connectivity index (χ0n) is 10.3. The van der Waals surface area contributed by atoms with Crippen LogP contribution >= 0.6 is 0 Å². The van der Waals surface area contributed by atoms with Gasteiger partial charge in [0.05, 0.1) is 0 Å². The summed E-state index contributed by atoms with van der Waals surface area (Å²) in [5.41, 5.74) is 2.67. The first kappa shape index (κ1) is 12.2. The van der Waals surface area contributed by atoms with Crippen LogP contribution in [0, 0.1) is 6.92 Å². The average Bonchev–Trinajstić information content (AvgIpc) is 2.28. The van der Waals surface area contributed by atoms with E-state index >= 15 is 0 Å². The molecule has 0 radical (unpaired) electrons. The summed E-state index contributed by atoms with van der Waals surface area (Å²) < 4.78 is 0. The minimum atomic E-state index is 0.252. The van der Waals surface area contributed by atoms with Gasteiger partial charge in [0.2, 0.25) is 0 Å². The molecule has 1 heterocycles. The molecule has 15 heavy (non-hydrogen) atoms. The molecule has 0 aliphatic carbocycles. The minimum absolute atomic E-state index is 0.252. The van der Waals surface area contributed by atoms with Crippen LogP contribution in [-0.4, -0.2) is 10.5 Å². The lowest BCUT2D eigenvalue weighted by molar-refractivity contribution is 0.329. The van der Waals surface area contributed by atoms with Gasteiger partial charge in [-0.15, -0.1) is 0 Å². The third kappa shape index (κ3) is 3.31. The van der Waals surface area contributed by atoms with Crippen molar-refractivity contribution in [2.45, 2.75) is 52.6 Å². The van der Waals surface area contributed by atoms with E-state index in [4.69, 9.17) is 0 Å². The maximum Gasteiger partial charge on any atom is 0.0417 e. The van der Waals surface area contributed by atoms with Crippen molar-refractivity contribution in [1.29, 1.82) is 0 Å². The largest absolute Gasteiger partial charge is 0.307 e. The average molecular weight is 206 g/mol. The van der Waals surface area contributed by atoms with Crippen LogP contribution in [0.15, 0.2) is 18.3 Å². The maximum atomic E-state index is 4.29. The molecule has 2 heteroatoms. The fourth-order valence-corrected chi connectivity index (χ4v) is 1.51. The second-order valence-corrected chi connectivity index (χ2v) is 4.37. The predicted octanol–water partition coefficient (Wildman–Crippen LogP) is 3.06. The van der Waals surface area contributed by atoms with E-state index in [1.165, 1.54) is 5.56 Å². The van der Waals surface area contributed by atoms with Crippen molar-refractivity contribution >= 4 is 0 Å². The summed E-state index contributed by atoms with van der Waals surface area (Å²) >= 11 is 0. The molecule has 1 aromatic rings. The van der Waals surface area contributed by atoms with Crippen molar-refractivity contribution in [1.82, 2.24) is 10.3 Å². The van der Waals surface area contributed by atoms with Gasteiger partial charge >= 0.3 is 0 Å². The van der Waals surface area contributed by atoms with Crippen molar-refractivity contribution < 1.29 is 0 Å². The molecule has 0 aliphatic rings. The number of nitrogens with one attached hydrogen (secondary N) is 1. The van der Waals surface area contributed by atoms with Gasteiger partial charge in [-0.1, -0.05) is 19.9 Å². The van der Waals surface area contributed by atoms with Crippen LogP contribution in [0.3, 0.4) is 0 Å². The van der Waals surface area contributed by atoms with E-state index in [0.29, 0.717) is 0 Å². The molecule has 0 saturated carbocycles. The van der Waals surface area contributed by atoms with E-state index in [-0.39, 0.29) is 5.54 Å². The minimum Gasteiger partial charge on any atom is -0.307 e. The molecule has 0 bridgehead atoms. The molecule has 1 rings (SSSR count).